The maximum Gasteiger partial charge on any atom is 0.296 e. The van der Waals surface area contributed by atoms with Crippen LogP contribution in [0.2, 0.25) is 5.02 Å². The summed E-state index contributed by atoms with van der Waals surface area (Å²) in [5.41, 5.74) is 0.356. The predicted octanol–water partition coefficient (Wildman–Crippen LogP) is 4.36. The molecule has 0 aliphatic heterocycles. The van der Waals surface area contributed by atoms with E-state index in [4.69, 9.17) is 11.6 Å². The van der Waals surface area contributed by atoms with E-state index in [0.717, 1.165) is 0 Å². The van der Waals surface area contributed by atoms with Crippen LogP contribution in [0.25, 0.3) is 10.9 Å². The van der Waals surface area contributed by atoms with E-state index in [1.165, 1.54) is 30.3 Å². The summed E-state index contributed by atoms with van der Waals surface area (Å²) in [5.74, 6) is -1.04. The Morgan fingerprint density at radius 2 is 2.00 bits per heavy atom. The van der Waals surface area contributed by atoms with Crippen LogP contribution >= 0.6 is 11.6 Å². The van der Waals surface area contributed by atoms with Gasteiger partial charge in [-0.25, -0.2) is 0 Å². The second-order valence-electron chi connectivity index (χ2n) is 4.79. The number of fused-ring (bicyclic) bond motifs is 1. The molecule has 0 radical (unpaired) electrons. The van der Waals surface area contributed by atoms with Crippen LogP contribution in [0.4, 0.5) is 11.4 Å². The van der Waals surface area contributed by atoms with E-state index in [0.29, 0.717) is 5.52 Å². The normalized spacial score (nSPS) is 11.2. The molecule has 9 heteroatoms. The van der Waals surface area contributed by atoms with Crippen molar-refractivity contribution in [1.82, 2.24) is 4.98 Å². The number of carbonyl (C=O) groups excluding carboxylic acids is 1. The summed E-state index contributed by atoms with van der Waals surface area (Å²) >= 11 is 5.91. The van der Waals surface area contributed by atoms with Gasteiger partial charge in [0.1, 0.15) is 0 Å². The van der Waals surface area contributed by atoms with Crippen LogP contribution < -0.4 is 0 Å². The number of nitro groups is 1. The van der Waals surface area contributed by atoms with Crippen LogP contribution in [0.3, 0.4) is 0 Å². The van der Waals surface area contributed by atoms with Gasteiger partial charge in [0.05, 0.1) is 21.0 Å². The van der Waals surface area contributed by atoms with Crippen molar-refractivity contribution >= 4 is 39.8 Å². The van der Waals surface area contributed by atoms with Gasteiger partial charge in [-0.2, -0.15) is 0 Å². The Hall–Kier alpha value is -3.26. The second-order valence-corrected chi connectivity index (χ2v) is 5.20. The number of aromatic amines is 1. The zero-order valence-corrected chi connectivity index (χ0v) is 12.7. The maximum atomic E-state index is 12.0. The summed E-state index contributed by atoms with van der Waals surface area (Å²) in [6.07, 6.45) is 0. The van der Waals surface area contributed by atoms with E-state index in [1.807, 2.05) is 0 Å². The first-order chi connectivity index (χ1) is 11.5. The molecule has 3 rings (SSSR count). The Kier molecular flexibility index (Phi) is 3.97. The number of aromatic nitrogens is 1. The molecule has 2 N–H and O–H groups in total. The van der Waals surface area contributed by atoms with Crippen molar-refractivity contribution in [3.63, 3.8) is 0 Å². The highest BCUT2D eigenvalue weighted by atomic mass is 35.5. The van der Waals surface area contributed by atoms with E-state index in [1.54, 1.807) is 12.1 Å². The summed E-state index contributed by atoms with van der Waals surface area (Å²) in [7, 11) is 0. The van der Waals surface area contributed by atoms with Crippen molar-refractivity contribution < 1.29 is 14.8 Å². The Labute approximate surface area is 139 Å². The minimum atomic E-state index is -0.695. The third kappa shape index (κ3) is 2.82. The first-order valence-electron chi connectivity index (χ1n) is 6.67. The fourth-order valence-corrected chi connectivity index (χ4v) is 2.37. The maximum absolute atomic E-state index is 12.0. The third-order valence-corrected chi connectivity index (χ3v) is 3.62. The molecule has 0 bridgehead atoms. The molecule has 1 amide bonds. The number of benzene rings is 2. The number of halogens is 1. The fraction of sp³-hybridized carbons (Fsp3) is 0. The van der Waals surface area contributed by atoms with Gasteiger partial charge in [-0.05, 0) is 18.2 Å². The van der Waals surface area contributed by atoms with E-state index in [9.17, 15) is 20.0 Å². The van der Waals surface area contributed by atoms with Crippen molar-refractivity contribution in [3.8, 4) is 5.88 Å². The summed E-state index contributed by atoms with van der Waals surface area (Å²) < 4.78 is 0. The van der Waals surface area contributed by atoms with Crippen molar-refractivity contribution in [1.29, 1.82) is 0 Å². The van der Waals surface area contributed by atoms with Gasteiger partial charge < -0.3 is 10.1 Å². The molecular formula is C15H9ClN4O4. The number of nitrogens with zero attached hydrogens (tertiary/aromatic N) is 3. The van der Waals surface area contributed by atoms with Gasteiger partial charge >= 0.3 is 0 Å². The largest absolute Gasteiger partial charge is 0.493 e. The lowest BCUT2D eigenvalue weighted by Crippen LogP contribution is -1.94. The molecule has 0 spiro atoms. The quantitative estimate of drug-likeness (QED) is 0.416. The molecule has 0 aliphatic carbocycles. The lowest BCUT2D eigenvalue weighted by molar-refractivity contribution is -0.384. The number of nitrogens with one attached hydrogen (secondary N) is 1. The average molecular weight is 345 g/mol. The molecule has 1 aromatic heterocycles. The standard InChI is InChI=1S/C15H9ClN4O4/c16-11-4-2-1-3-9(11)14(21)19-18-13-10-7-8(20(23)24)5-6-12(10)17-15(13)22/h1-7,17,22H. The zero-order valence-electron chi connectivity index (χ0n) is 11.9. The fourth-order valence-electron chi connectivity index (χ4n) is 2.15. The van der Waals surface area contributed by atoms with Gasteiger partial charge in [-0.15, -0.1) is 10.2 Å². The van der Waals surface area contributed by atoms with E-state index < -0.39 is 10.8 Å². The lowest BCUT2D eigenvalue weighted by atomic mass is 10.2. The number of nitro benzene ring substituents is 1. The van der Waals surface area contributed by atoms with Crippen LogP contribution in [0.15, 0.2) is 52.7 Å². The van der Waals surface area contributed by atoms with Crippen LogP contribution in [-0.2, 0) is 0 Å². The monoisotopic (exact) mass is 344 g/mol. The van der Waals surface area contributed by atoms with Gasteiger partial charge in [0, 0.05) is 17.5 Å². The Bertz CT molecular complexity index is 996. The van der Waals surface area contributed by atoms with Gasteiger partial charge in [0.2, 0.25) is 5.88 Å². The van der Waals surface area contributed by atoms with Crippen molar-refractivity contribution in [2.45, 2.75) is 0 Å². The summed E-state index contributed by atoms with van der Waals surface area (Å²) in [5, 5.41) is 28.5. The van der Waals surface area contributed by atoms with E-state index in [-0.39, 0.29) is 33.2 Å². The lowest BCUT2D eigenvalue weighted by Gasteiger charge is -1.97. The van der Waals surface area contributed by atoms with E-state index in [2.05, 4.69) is 15.2 Å². The number of aromatic hydroxyl groups is 1. The number of H-pyrrole nitrogens is 1. The van der Waals surface area contributed by atoms with E-state index >= 15 is 0 Å². The highest BCUT2D eigenvalue weighted by Gasteiger charge is 2.16. The molecule has 1 heterocycles. The molecule has 0 aliphatic rings. The molecular weight excluding hydrogens is 336 g/mol. The van der Waals surface area contributed by atoms with Gasteiger partial charge in [0.15, 0.2) is 5.69 Å². The second kappa shape index (κ2) is 6.09. The third-order valence-electron chi connectivity index (χ3n) is 3.29. The topological polar surface area (TPSA) is 121 Å². The van der Waals surface area contributed by atoms with Crippen LogP contribution in [-0.4, -0.2) is 20.9 Å². The Morgan fingerprint density at radius 3 is 2.71 bits per heavy atom. The molecule has 2 aromatic carbocycles. The number of azo groups is 1. The van der Waals surface area contributed by atoms with Gasteiger partial charge in [-0.3, -0.25) is 14.9 Å². The van der Waals surface area contributed by atoms with Gasteiger partial charge in [0.25, 0.3) is 11.6 Å². The number of carbonyl (C=O) groups is 1. The molecule has 0 unspecified atom stereocenters. The van der Waals surface area contributed by atoms with Gasteiger partial charge in [-0.1, -0.05) is 23.7 Å². The average Bonchev–Trinajstić information content (AvgIpc) is 2.87. The number of rotatable bonds is 3. The minimum Gasteiger partial charge on any atom is -0.493 e. The smallest absolute Gasteiger partial charge is 0.296 e. The highest BCUT2D eigenvalue weighted by molar-refractivity contribution is 6.33. The van der Waals surface area contributed by atoms with Crippen molar-refractivity contribution in [2.75, 3.05) is 0 Å². The van der Waals surface area contributed by atoms with Crippen LogP contribution in [0, 0.1) is 10.1 Å². The summed E-state index contributed by atoms with van der Waals surface area (Å²) in [4.78, 5) is 24.9. The Balaban J connectivity index is 2.01. The molecule has 0 saturated heterocycles. The van der Waals surface area contributed by atoms with Crippen LogP contribution in [0.5, 0.6) is 5.88 Å². The molecule has 0 fully saturated rings. The predicted molar refractivity (Wildman–Crippen MR) is 86.9 cm³/mol. The minimum absolute atomic E-state index is 0.0610. The molecule has 24 heavy (non-hydrogen) atoms. The molecule has 120 valence electrons. The van der Waals surface area contributed by atoms with Crippen molar-refractivity contribution in [2.24, 2.45) is 10.2 Å². The summed E-state index contributed by atoms with van der Waals surface area (Å²) in [6.45, 7) is 0. The SMILES string of the molecule is O=C(N=Nc1c(O)[nH]c2ccc([N+](=O)[O-])cc12)c1ccccc1Cl. The number of non-ortho nitro benzene ring substituents is 1. The molecule has 8 nitrogen and oxygen atoms in total. The highest BCUT2D eigenvalue weighted by Crippen LogP contribution is 2.37. The number of hydrogen-bond acceptors (Lipinski definition) is 5. The van der Waals surface area contributed by atoms with Crippen molar-refractivity contribution in [3.05, 3.63) is 63.2 Å². The number of hydrogen-bond donors (Lipinski definition) is 2. The molecule has 0 saturated carbocycles. The Morgan fingerprint density at radius 1 is 1.25 bits per heavy atom. The molecule has 0 atom stereocenters. The first-order valence-corrected chi connectivity index (χ1v) is 7.05. The zero-order chi connectivity index (χ0) is 17.3. The molecule has 3 aromatic rings. The number of amides is 1. The summed E-state index contributed by atoms with van der Waals surface area (Å²) in [6, 6.07) is 10.3. The first kappa shape index (κ1) is 15.6. The van der Waals surface area contributed by atoms with Crippen LogP contribution in [0.1, 0.15) is 10.4 Å².